The number of thiophene rings is 1. The van der Waals surface area contributed by atoms with Gasteiger partial charge in [0.25, 0.3) is 0 Å². The second kappa shape index (κ2) is 4.34. The molecule has 0 aliphatic heterocycles. The lowest BCUT2D eigenvalue weighted by Gasteiger charge is -2.05. The van der Waals surface area contributed by atoms with Crippen LogP contribution in [-0.4, -0.2) is 16.7 Å². The Bertz CT molecular complexity index is 725. The molecule has 0 aliphatic rings. The van der Waals surface area contributed by atoms with Crippen molar-refractivity contribution in [3.05, 3.63) is 51.1 Å². The number of ether oxygens (including phenoxy) is 1. The van der Waals surface area contributed by atoms with E-state index in [-0.39, 0.29) is 5.69 Å². The highest BCUT2D eigenvalue weighted by atomic mass is 32.1. The Labute approximate surface area is 107 Å². The van der Waals surface area contributed by atoms with Crippen molar-refractivity contribution >= 4 is 22.4 Å². The molecule has 5 heteroatoms. The summed E-state index contributed by atoms with van der Waals surface area (Å²) >= 11 is 1.64. The van der Waals surface area contributed by atoms with Crippen molar-refractivity contribution in [1.29, 1.82) is 0 Å². The van der Waals surface area contributed by atoms with Gasteiger partial charge in [0.2, 0.25) is 0 Å². The fourth-order valence-electron chi connectivity index (χ4n) is 2.06. The maximum atomic E-state index is 12.0. The average molecular weight is 260 g/mol. The van der Waals surface area contributed by atoms with Crippen LogP contribution >= 0.6 is 11.3 Å². The van der Waals surface area contributed by atoms with Crippen molar-refractivity contribution in [2.45, 2.75) is 6.54 Å². The number of methoxy groups -OCH3 is 1. The molecule has 4 nitrogen and oxygen atoms in total. The van der Waals surface area contributed by atoms with Crippen molar-refractivity contribution < 1.29 is 4.74 Å². The number of aromatic amines is 1. The second-order valence-electron chi connectivity index (χ2n) is 3.95. The van der Waals surface area contributed by atoms with Gasteiger partial charge in [-0.05, 0) is 23.6 Å². The lowest BCUT2D eigenvalue weighted by Crippen LogP contribution is -2.17. The Morgan fingerprint density at radius 3 is 2.94 bits per heavy atom. The summed E-state index contributed by atoms with van der Waals surface area (Å²) in [5.41, 5.74) is 1.51. The molecule has 92 valence electrons. The van der Waals surface area contributed by atoms with E-state index < -0.39 is 0 Å². The maximum Gasteiger partial charge on any atom is 0.326 e. The van der Waals surface area contributed by atoms with Crippen LogP contribution in [0.25, 0.3) is 11.0 Å². The molecule has 18 heavy (non-hydrogen) atoms. The Morgan fingerprint density at radius 1 is 1.33 bits per heavy atom. The molecule has 0 bridgehead atoms. The van der Waals surface area contributed by atoms with E-state index >= 15 is 0 Å². The monoisotopic (exact) mass is 260 g/mol. The largest absolute Gasteiger partial charge is 0.494 e. The lowest BCUT2D eigenvalue weighted by atomic mass is 10.3. The van der Waals surface area contributed by atoms with E-state index in [9.17, 15) is 4.79 Å². The molecule has 0 fully saturated rings. The van der Waals surface area contributed by atoms with Gasteiger partial charge in [0.15, 0.2) is 0 Å². The summed E-state index contributed by atoms with van der Waals surface area (Å²) in [6, 6.07) is 9.61. The summed E-state index contributed by atoms with van der Waals surface area (Å²) in [7, 11) is 1.61. The summed E-state index contributed by atoms with van der Waals surface area (Å²) < 4.78 is 7.03. The van der Waals surface area contributed by atoms with Gasteiger partial charge >= 0.3 is 5.69 Å². The molecule has 1 aromatic carbocycles. The van der Waals surface area contributed by atoms with Gasteiger partial charge in [-0.15, -0.1) is 11.3 Å². The van der Waals surface area contributed by atoms with Gasteiger partial charge < -0.3 is 9.72 Å². The molecule has 0 atom stereocenters. The summed E-state index contributed by atoms with van der Waals surface area (Å²) in [6.07, 6.45) is 0. The van der Waals surface area contributed by atoms with Gasteiger partial charge in [0, 0.05) is 4.88 Å². The number of fused-ring (bicyclic) bond motifs is 1. The highest BCUT2D eigenvalue weighted by molar-refractivity contribution is 7.09. The highest BCUT2D eigenvalue weighted by Crippen LogP contribution is 2.24. The quantitative estimate of drug-likeness (QED) is 0.786. The first-order valence-electron chi connectivity index (χ1n) is 5.57. The molecule has 0 aliphatic carbocycles. The molecular weight excluding hydrogens is 248 g/mol. The zero-order valence-electron chi connectivity index (χ0n) is 9.84. The predicted octanol–water partition coefficient (Wildman–Crippen LogP) is 2.45. The number of nitrogens with zero attached hydrogens (tertiary/aromatic N) is 1. The van der Waals surface area contributed by atoms with Gasteiger partial charge in [-0.2, -0.15) is 0 Å². The molecule has 0 saturated heterocycles. The molecule has 2 heterocycles. The van der Waals surface area contributed by atoms with E-state index in [0.717, 1.165) is 15.9 Å². The van der Waals surface area contributed by atoms with Gasteiger partial charge in [-0.3, -0.25) is 4.57 Å². The highest BCUT2D eigenvalue weighted by Gasteiger charge is 2.11. The van der Waals surface area contributed by atoms with Crippen molar-refractivity contribution in [1.82, 2.24) is 9.55 Å². The Hall–Kier alpha value is -2.01. The van der Waals surface area contributed by atoms with E-state index in [0.29, 0.717) is 12.3 Å². The molecule has 2 aromatic heterocycles. The van der Waals surface area contributed by atoms with Gasteiger partial charge in [-0.25, -0.2) is 4.79 Å². The Kier molecular flexibility index (Phi) is 2.68. The minimum atomic E-state index is -0.108. The minimum Gasteiger partial charge on any atom is -0.494 e. The third-order valence-corrected chi connectivity index (χ3v) is 3.73. The van der Waals surface area contributed by atoms with Crippen LogP contribution in [0.15, 0.2) is 40.5 Å². The first-order chi connectivity index (χ1) is 8.79. The molecule has 0 saturated carbocycles. The van der Waals surface area contributed by atoms with Crippen LogP contribution < -0.4 is 10.4 Å². The summed E-state index contributed by atoms with van der Waals surface area (Å²) in [4.78, 5) is 16.0. The van der Waals surface area contributed by atoms with Crippen molar-refractivity contribution in [3.63, 3.8) is 0 Å². The van der Waals surface area contributed by atoms with Crippen LogP contribution in [0.2, 0.25) is 0 Å². The van der Waals surface area contributed by atoms with E-state index in [1.54, 1.807) is 23.0 Å². The minimum absolute atomic E-state index is 0.108. The number of hydrogen-bond acceptors (Lipinski definition) is 3. The van der Waals surface area contributed by atoms with Crippen LogP contribution in [0.4, 0.5) is 0 Å². The number of para-hydroxylation sites is 1. The van der Waals surface area contributed by atoms with Crippen molar-refractivity contribution in [2.24, 2.45) is 0 Å². The van der Waals surface area contributed by atoms with Gasteiger partial charge in [0.05, 0.1) is 19.2 Å². The fourth-order valence-corrected chi connectivity index (χ4v) is 2.75. The van der Waals surface area contributed by atoms with Crippen LogP contribution in [0.3, 0.4) is 0 Å². The van der Waals surface area contributed by atoms with E-state index in [1.165, 1.54) is 0 Å². The molecule has 1 N–H and O–H groups in total. The van der Waals surface area contributed by atoms with Gasteiger partial charge in [-0.1, -0.05) is 12.1 Å². The molecular formula is C13H12N2O2S. The van der Waals surface area contributed by atoms with Crippen LogP contribution in [-0.2, 0) is 6.54 Å². The summed E-state index contributed by atoms with van der Waals surface area (Å²) in [6.45, 7) is 0.566. The first kappa shape index (κ1) is 11.1. The van der Waals surface area contributed by atoms with Crippen LogP contribution in [0.1, 0.15) is 4.88 Å². The number of rotatable bonds is 3. The number of benzene rings is 1. The zero-order chi connectivity index (χ0) is 12.5. The number of imidazole rings is 1. The second-order valence-corrected chi connectivity index (χ2v) is 4.98. The summed E-state index contributed by atoms with van der Waals surface area (Å²) in [5, 5.41) is 2.01. The average Bonchev–Trinajstić information content (AvgIpc) is 2.98. The third-order valence-electron chi connectivity index (χ3n) is 2.87. The first-order valence-corrected chi connectivity index (χ1v) is 6.45. The predicted molar refractivity (Wildman–Crippen MR) is 72.5 cm³/mol. The number of hydrogen-bond donors (Lipinski definition) is 1. The standard InChI is InChI=1S/C13H12N2O2S/c1-17-11-6-2-5-10-12(11)15(13(16)14-10)8-9-4-3-7-18-9/h2-7H,8H2,1H3,(H,14,16). The smallest absolute Gasteiger partial charge is 0.326 e. The number of H-pyrrole nitrogens is 1. The van der Waals surface area contributed by atoms with Crippen molar-refractivity contribution in [3.8, 4) is 5.75 Å². The van der Waals surface area contributed by atoms with Crippen LogP contribution in [0.5, 0.6) is 5.75 Å². The molecule has 0 spiro atoms. The third kappa shape index (κ3) is 1.73. The maximum absolute atomic E-state index is 12.0. The normalized spacial score (nSPS) is 10.9. The fraction of sp³-hybridized carbons (Fsp3) is 0.154. The zero-order valence-corrected chi connectivity index (χ0v) is 10.7. The van der Waals surface area contributed by atoms with Gasteiger partial charge in [0.1, 0.15) is 11.3 Å². The number of aromatic nitrogens is 2. The summed E-state index contributed by atoms with van der Waals surface area (Å²) in [5.74, 6) is 0.711. The SMILES string of the molecule is COc1cccc2[nH]c(=O)n(Cc3cccs3)c12. The van der Waals surface area contributed by atoms with Crippen molar-refractivity contribution in [2.75, 3.05) is 7.11 Å². The topological polar surface area (TPSA) is 47.0 Å². The molecule has 0 radical (unpaired) electrons. The van der Waals surface area contributed by atoms with E-state index in [4.69, 9.17) is 4.74 Å². The van der Waals surface area contributed by atoms with Crippen LogP contribution in [0, 0.1) is 0 Å². The Balaban J connectivity index is 2.21. The molecule has 3 aromatic rings. The molecule has 3 rings (SSSR count). The number of nitrogens with one attached hydrogen (secondary N) is 1. The molecule has 0 unspecified atom stereocenters. The Morgan fingerprint density at radius 2 is 2.22 bits per heavy atom. The van der Waals surface area contributed by atoms with E-state index in [1.807, 2.05) is 35.7 Å². The van der Waals surface area contributed by atoms with E-state index in [2.05, 4.69) is 4.98 Å². The lowest BCUT2D eigenvalue weighted by molar-refractivity contribution is 0.417. The molecule has 0 amide bonds.